The molecule has 0 saturated carbocycles. The number of hydrogen-bond donors (Lipinski definition) is 2. The molecular formula is C41H80O6. The van der Waals surface area contributed by atoms with Crippen LogP contribution in [0.15, 0.2) is 0 Å². The van der Waals surface area contributed by atoms with Crippen LogP contribution in [0.4, 0.5) is 0 Å². The summed E-state index contributed by atoms with van der Waals surface area (Å²) in [6.07, 6.45) is 38.9. The Morgan fingerprint density at radius 1 is 0.383 bits per heavy atom. The van der Waals surface area contributed by atoms with Crippen LogP contribution in [0.2, 0.25) is 0 Å². The third kappa shape index (κ3) is 31.9. The van der Waals surface area contributed by atoms with Gasteiger partial charge in [-0.2, -0.15) is 0 Å². The summed E-state index contributed by atoms with van der Waals surface area (Å²) in [6.45, 7) is 3.40. The van der Waals surface area contributed by atoms with Crippen LogP contribution in [-0.2, 0) is 19.1 Å². The number of hydrogen-bond acceptors (Lipinski definition) is 6. The first-order valence-corrected chi connectivity index (χ1v) is 20.6. The second kappa shape index (κ2) is 36.1. The molecular weight excluding hydrogens is 588 g/mol. The fourth-order valence-corrected chi connectivity index (χ4v) is 6.17. The zero-order valence-electron chi connectivity index (χ0n) is 31.5. The highest BCUT2D eigenvalue weighted by Gasteiger charge is 2.33. The molecule has 0 saturated heterocycles. The maximum Gasteiger partial charge on any atom is 0.305 e. The lowest BCUT2D eigenvalue weighted by atomic mass is 9.92. The quantitative estimate of drug-likeness (QED) is 0.0502. The van der Waals surface area contributed by atoms with Crippen molar-refractivity contribution in [3.05, 3.63) is 0 Å². The molecule has 6 nitrogen and oxygen atoms in total. The lowest BCUT2D eigenvalue weighted by molar-refractivity contribution is -0.159. The zero-order chi connectivity index (χ0) is 34.5. The van der Waals surface area contributed by atoms with Crippen molar-refractivity contribution in [3.63, 3.8) is 0 Å². The number of aliphatic hydroxyl groups is 2. The first-order chi connectivity index (χ1) is 23.0. The van der Waals surface area contributed by atoms with Gasteiger partial charge in [-0.05, 0) is 12.8 Å². The van der Waals surface area contributed by atoms with Gasteiger partial charge in [0.15, 0.2) is 0 Å². The van der Waals surface area contributed by atoms with Crippen molar-refractivity contribution in [1.29, 1.82) is 0 Å². The first kappa shape index (κ1) is 45.9. The Labute approximate surface area is 291 Å². The van der Waals surface area contributed by atoms with Crippen LogP contribution in [0.3, 0.4) is 0 Å². The molecule has 0 fully saturated rings. The molecule has 0 bridgehead atoms. The Hall–Kier alpha value is -1.14. The third-order valence-electron chi connectivity index (χ3n) is 9.72. The number of carbonyl (C=O) groups is 2. The van der Waals surface area contributed by atoms with Crippen LogP contribution in [0.5, 0.6) is 0 Å². The third-order valence-corrected chi connectivity index (χ3v) is 9.72. The Bertz CT molecular complexity index is 610. The van der Waals surface area contributed by atoms with Crippen LogP contribution in [-0.4, -0.2) is 48.6 Å². The minimum Gasteiger partial charge on any atom is -0.465 e. The molecule has 280 valence electrons. The molecule has 0 radical (unpaired) electrons. The van der Waals surface area contributed by atoms with Crippen molar-refractivity contribution < 1.29 is 29.3 Å². The summed E-state index contributed by atoms with van der Waals surface area (Å²) < 4.78 is 10.8. The van der Waals surface area contributed by atoms with E-state index in [1.165, 1.54) is 154 Å². The molecule has 0 aliphatic carbocycles. The molecule has 0 heterocycles. The number of esters is 2. The van der Waals surface area contributed by atoms with Crippen molar-refractivity contribution >= 4 is 11.9 Å². The predicted octanol–water partition coefficient (Wildman–Crippen LogP) is 11.6. The summed E-state index contributed by atoms with van der Waals surface area (Å²) in [5.74, 6) is -0.648. The number of carbonyl (C=O) groups excluding carboxylic acids is 2. The highest BCUT2D eigenvalue weighted by molar-refractivity contribution is 5.69. The number of ether oxygens (including phenoxy) is 2. The van der Waals surface area contributed by atoms with Gasteiger partial charge in [0.05, 0.1) is 18.6 Å². The lowest BCUT2D eigenvalue weighted by Crippen LogP contribution is -2.41. The molecule has 0 aliphatic heterocycles. The van der Waals surface area contributed by atoms with E-state index in [1.54, 1.807) is 0 Å². The minimum absolute atomic E-state index is 0.149. The molecule has 0 atom stereocenters. The standard InChI is InChI=1S/C41H80O6/c1-3-5-7-9-11-13-15-17-19-21-23-25-27-29-31-33-39(44)46-37-41(35-42,36-43)38-47-40(45)34-32-30-28-26-24-22-20-18-16-14-12-10-8-6-4-2/h42-43H,3-38H2,1-2H3. The van der Waals surface area contributed by atoms with Gasteiger partial charge in [-0.15, -0.1) is 0 Å². The van der Waals surface area contributed by atoms with E-state index in [2.05, 4.69) is 13.8 Å². The maximum absolute atomic E-state index is 12.3. The summed E-state index contributed by atoms with van der Waals surface area (Å²) in [7, 11) is 0. The van der Waals surface area contributed by atoms with Crippen LogP contribution in [0.1, 0.15) is 219 Å². The van der Waals surface area contributed by atoms with Gasteiger partial charge in [0.2, 0.25) is 0 Å². The van der Waals surface area contributed by atoms with Crippen LogP contribution in [0, 0.1) is 5.41 Å². The van der Waals surface area contributed by atoms with Crippen LogP contribution in [0.25, 0.3) is 0 Å². The molecule has 0 rings (SSSR count). The summed E-state index contributed by atoms with van der Waals surface area (Å²) in [5, 5.41) is 19.8. The summed E-state index contributed by atoms with van der Waals surface area (Å²) in [6, 6.07) is 0. The Balaban J connectivity index is 3.72. The number of rotatable bonds is 38. The molecule has 47 heavy (non-hydrogen) atoms. The van der Waals surface area contributed by atoms with Gasteiger partial charge in [-0.1, -0.05) is 194 Å². The van der Waals surface area contributed by atoms with E-state index in [9.17, 15) is 19.8 Å². The SMILES string of the molecule is CCCCCCCCCCCCCCCCCC(=O)OCC(CO)(CO)COC(=O)CCCCCCCCCCCCCCCCC. The average Bonchev–Trinajstić information content (AvgIpc) is 3.08. The molecule has 0 aromatic carbocycles. The van der Waals surface area contributed by atoms with Crippen molar-refractivity contribution in [3.8, 4) is 0 Å². The van der Waals surface area contributed by atoms with E-state index in [1.807, 2.05) is 0 Å². The molecule has 0 aromatic rings. The Morgan fingerprint density at radius 3 is 0.809 bits per heavy atom. The van der Waals surface area contributed by atoms with Crippen LogP contribution >= 0.6 is 0 Å². The second-order valence-electron chi connectivity index (χ2n) is 14.5. The van der Waals surface area contributed by atoms with E-state index in [-0.39, 0.29) is 25.2 Å². The topological polar surface area (TPSA) is 93.1 Å². The van der Waals surface area contributed by atoms with Crippen molar-refractivity contribution in [2.24, 2.45) is 5.41 Å². The van der Waals surface area contributed by atoms with Crippen LogP contribution < -0.4 is 0 Å². The molecule has 6 heteroatoms. The van der Waals surface area contributed by atoms with E-state index >= 15 is 0 Å². The highest BCUT2D eigenvalue weighted by atomic mass is 16.5. The molecule has 2 N–H and O–H groups in total. The number of unbranched alkanes of at least 4 members (excludes halogenated alkanes) is 28. The smallest absolute Gasteiger partial charge is 0.305 e. The fraction of sp³-hybridized carbons (Fsp3) is 0.951. The minimum atomic E-state index is -1.16. The second-order valence-corrected chi connectivity index (χ2v) is 14.5. The highest BCUT2D eigenvalue weighted by Crippen LogP contribution is 2.20. The van der Waals surface area contributed by atoms with E-state index in [4.69, 9.17) is 9.47 Å². The fourth-order valence-electron chi connectivity index (χ4n) is 6.17. The van der Waals surface area contributed by atoms with Crippen molar-refractivity contribution in [2.45, 2.75) is 219 Å². The van der Waals surface area contributed by atoms with Crippen molar-refractivity contribution in [2.75, 3.05) is 26.4 Å². The van der Waals surface area contributed by atoms with Gasteiger partial charge in [-0.3, -0.25) is 9.59 Å². The lowest BCUT2D eigenvalue weighted by Gasteiger charge is -2.28. The monoisotopic (exact) mass is 669 g/mol. The Kier molecular flexibility index (Phi) is 35.3. The number of aliphatic hydroxyl groups excluding tert-OH is 2. The molecule has 0 spiro atoms. The first-order valence-electron chi connectivity index (χ1n) is 20.6. The van der Waals surface area contributed by atoms with Crippen molar-refractivity contribution in [1.82, 2.24) is 0 Å². The molecule has 0 aliphatic rings. The van der Waals surface area contributed by atoms with E-state index in [0.717, 1.165) is 38.5 Å². The zero-order valence-corrected chi connectivity index (χ0v) is 31.5. The van der Waals surface area contributed by atoms with E-state index < -0.39 is 18.6 Å². The van der Waals surface area contributed by atoms with Gasteiger partial charge >= 0.3 is 11.9 Å². The van der Waals surface area contributed by atoms with E-state index in [0.29, 0.717) is 12.8 Å². The van der Waals surface area contributed by atoms with Gasteiger partial charge in [-0.25, -0.2) is 0 Å². The van der Waals surface area contributed by atoms with Gasteiger partial charge in [0.25, 0.3) is 0 Å². The molecule has 0 aromatic heterocycles. The summed E-state index contributed by atoms with van der Waals surface area (Å²) in [4.78, 5) is 24.5. The predicted molar refractivity (Wildman–Crippen MR) is 198 cm³/mol. The van der Waals surface area contributed by atoms with Gasteiger partial charge in [0, 0.05) is 12.8 Å². The Morgan fingerprint density at radius 2 is 0.596 bits per heavy atom. The summed E-state index contributed by atoms with van der Waals surface area (Å²) in [5.41, 5.74) is -1.16. The molecule has 0 unspecified atom stereocenters. The normalized spacial score (nSPS) is 11.7. The summed E-state index contributed by atoms with van der Waals surface area (Å²) >= 11 is 0. The van der Waals surface area contributed by atoms with Gasteiger partial charge in [0.1, 0.15) is 13.2 Å². The maximum atomic E-state index is 12.3. The average molecular weight is 669 g/mol. The van der Waals surface area contributed by atoms with Gasteiger partial charge < -0.3 is 19.7 Å². The molecule has 0 amide bonds. The largest absolute Gasteiger partial charge is 0.465 e.